The Morgan fingerprint density at radius 1 is 0.700 bits per heavy atom. The molecule has 0 atom stereocenters. The highest BCUT2D eigenvalue weighted by Crippen LogP contribution is 2.54. The van der Waals surface area contributed by atoms with Crippen molar-refractivity contribution in [1.82, 2.24) is 0 Å². The van der Waals surface area contributed by atoms with E-state index in [1.54, 1.807) is 28.4 Å². The van der Waals surface area contributed by atoms with Gasteiger partial charge in [0.2, 0.25) is 0 Å². The second-order valence-corrected chi connectivity index (χ2v) is 12.2. The fourth-order valence-electron chi connectivity index (χ4n) is 5.73. The van der Waals surface area contributed by atoms with E-state index in [1.165, 1.54) is 0 Å². The van der Waals surface area contributed by atoms with Crippen LogP contribution in [0.2, 0.25) is 0 Å². The summed E-state index contributed by atoms with van der Waals surface area (Å²) in [5.74, 6) is 3.18. The second-order valence-electron chi connectivity index (χ2n) is 10.3. The van der Waals surface area contributed by atoms with Crippen LogP contribution in [0.4, 0.5) is 0 Å². The van der Waals surface area contributed by atoms with E-state index >= 15 is 0 Å². The lowest BCUT2D eigenvalue weighted by Gasteiger charge is -2.24. The highest BCUT2D eigenvalue weighted by atomic mass is 79.9. The van der Waals surface area contributed by atoms with Crippen LogP contribution in [0.15, 0.2) is 28.7 Å². The van der Waals surface area contributed by atoms with Gasteiger partial charge in [-0.15, -0.1) is 0 Å². The Kier molecular flexibility index (Phi) is 9.53. The molecule has 4 rings (SSSR count). The predicted molar refractivity (Wildman–Crippen MR) is 176 cm³/mol. The first-order valence-electron chi connectivity index (χ1n) is 13.0. The molecule has 0 aliphatic heterocycles. The molecule has 1 N–H and O–H groups in total. The smallest absolute Gasteiger partial charge is 0.176 e. The van der Waals surface area contributed by atoms with Gasteiger partial charge in [0.25, 0.3) is 0 Å². The van der Waals surface area contributed by atoms with Crippen molar-refractivity contribution in [2.45, 2.75) is 50.2 Å². The van der Waals surface area contributed by atoms with Gasteiger partial charge < -0.3 is 24.1 Å². The zero-order valence-corrected chi connectivity index (χ0v) is 28.9. The summed E-state index contributed by atoms with van der Waals surface area (Å²) in [5.41, 5.74) is 5.81. The standard InChI is InChI=1S/C32H35Br3O5/c1-15(2)24-20-10-18(13-33)21(9-17(20)12-23(37-5)30(24)38-6)26-19(14-34)11-22-25(16(3)4)31(39-7)32(40-8)28(35)27(22)29(26)36/h9-12,15-16,36H,13-14H2,1-8H3. The Bertz CT molecular complexity index is 1590. The number of methoxy groups -OCH3 is 4. The van der Waals surface area contributed by atoms with Crippen molar-refractivity contribution >= 4 is 69.3 Å². The van der Waals surface area contributed by atoms with Crippen molar-refractivity contribution in [3.05, 3.63) is 51.0 Å². The van der Waals surface area contributed by atoms with Gasteiger partial charge >= 0.3 is 0 Å². The van der Waals surface area contributed by atoms with Crippen molar-refractivity contribution in [2.24, 2.45) is 0 Å². The number of rotatable bonds is 9. The first-order chi connectivity index (χ1) is 19.1. The first kappa shape index (κ1) is 30.8. The van der Waals surface area contributed by atoms with E-state index in [1.807, 2.05) is 6.07 Å². The van der Waals surface area contributed by atoms with Crippen molar-refractivity contribution < 1.29 is 24.1 Å². The van der Waals surface area contributed by atoms with Gasteiger partial charge in [0, 0.05) is 32.7 Å². The minimum atomic E-state index is 0.128. The molecule has 8 heteroatoms. The number of alkyl halides is 2. The van der Waals surface area contributed by atoms with E-state index in [0.29, 0.717) is 37.8 Å². The third kappa shape index (κ3) is 4.94. The predicted octanol–water partition coefficient (Wildman–Crippen LogP) is 10.2. The van der Waals surface area contributed by atoms with Crippen LogP contribution in [0.3, 0.4) is 0 Å². The van der Waals surface area contributed by atoms with Crippen LogP contribution in [0, 0.1) is 0 Å². The van der Waals surface area contributed by atoms with Crippen molar-refractivity contribution in [3.8, 4) is 39.9 Å². The Balaban J connectivity index is 2.20. The lowest BCUT2D eigenvalue weighted by Crippen LogP contribution is -2.03. The maximum absolute atomic E-state index is 12.1. The number of hydrogen-bond donors (Lipinski definition) is 1. The van der Waals surface area contributed by atoms with Gasteiger partial charge in [0.15, 0.2) is 23.0 Å². The average molecular weight is 739 g/mol. The Morgan fingerprint density at radius 2 is 1.25 bits per heavy atom. The maximum Gasteiger partial charge on any atom is 0.176 e. The number of hydrogen-bond acceptors (Lipinski definition) is 5. The zero-order valence-electron chi connectivity index (χ0n) is 24.1. The van der Waals surface area contributed by atoms with Crippen molar-refractivity contribution in [1.29, 1.82) is 0 Å². The van der Waals surface area contributed by atoms with Crippen LogP contribution in [-0.2, 0) is 10.7 Å². The average Bonchev–Trinajstić information content (AvgIpc) is 2.94. The molecule has 40 heavy (non-hydrogen) atoms. The Hall–Kier alpha value is -2.16. The van der Waals surface area contributed by atoms with Crippen LogP contribution in [0.5, 0.6) is 28.7 Å². The lowest BCUT2D eigenvalue weighted by molar-refractivity contribution is 0.349. The van der Waals surface area contributed by atoms with E-state index < -0.39 is 0 Å². The van der Waals surface area contributed by atoms with Gasteiger partial charge in [-0.2, -0.15) is 0 Å². The molecule has 5 nitrogen and oxygen atoms in total. The summed E-state index contributed by atoms with van der Waals surface area (Å²) in [6.07, 6.45) is 0. The van der Waals surface area contributed by atoms with Crippen LogP contribution in [0.25, 0.3) is 32.7 Å². The van der Waals surface area contributed by atoms with Crippen LogP contribution < -0.4 is 18.9 Å². The Labute approximate surface area is 261 Å². The van der Waals surface area contributed by atoms with E-state index in [9.17, 15) is 5.11 Å². The van der Waals surface area contributed by atoms with E-state index in [-0.39, 0.29) is 17.6 Å². The molecule has 0 spiro atoms. The van der Waals surface area contributed by atoms with E-state index in [0.717, 1.165) is 55.3 Å². The fraction of sp³-hybridized carbons (Fsp3) is 0.375. The molecule has 0 heterocycles. The third-order valence-corrected chi connectivity index (χ3v) is 9.37. The van der Waals surface area contributed by atoms with Gasteiger partial charge in [-0.3, -0.25) is 0 Å². The monoisotopic (exact) mass is 736 g/mol. The molecule has 0 saturated carbocycles. The molecule has 0 aliphatic carbocycles. The summed E-state index contributed by atoms with van der Waals surface area (Å²) in [6.45, 7) is 8.54. The molecule has 0 bridgehead atoms. The van der Waals surface area contributed by atoms with Gasteiger partial charge in [0.05, 0.1) is 32.9 Å². The van der Waals surface area contributed by atoms with Gasteiger partial charge in [-0.25, -0.2) is 0 Å². The number of phenolic OH excluding ortho intramolecular Hbond substituents is 1. The number of phenols is 1. The highest BCUT2D eigenvalue weighted by Gasteiger charge is 2.28. The summed E-state index contributed by atoms with van der Waals surface area (Å²) in [6, 6.07) is 8.50. The van der Waals surface area contributed by atoms with Crippen LogP contribution >= 0.6 is 47.8 Å². The third-order valence-electron chi connectivity index (χ3n) is 7.41. The summed E-state index contributed by atoms with van der Waals surface area (Å²) >= 11 is 11.2. The van der Waals surface area contributed by atoms with E-state index in [2.05, 4.69) is 93.7 Å². The Morgan fingerprint density at radius 3 is 1.75 bits per heavy atom. The molecule has 4 aromatic rings. The molecule has 0 fully saturated rings. The topological polar surface area (TPSA) is 57.2 Å². The molecule has 214 valence electrons. The van der Waals surface area contributed by atoms with Gasteiger partial charge in [-0.05, 0) is 84.9 Å². The summed E-state index contributed by atoms with van der Waals surface area (Å²) in [4.78, 5) is 0. The maximum atomic E-state index is 12.1. The van der Waals surface area contributed by atoms with Crippen LogP contribution in [0.1, 0.15) is 61.8 Å². The van der Waals surface area contributed by atoms with Crippen LogP contribution in [-0.4, -0.2) is 33.5 Å². The molecule has 0 aliphatic rings. The van der Waals surface area contributed by atoms with Gasteiger partial charge in [-0.1, -0.05) is 59.6 Å². The molecule has 4 aromatic carbocycles. The van der Waals surface area contributed by atoms with Gasteiger partial charge in [0.1, 0.15) is 5.75 Å². The molecule has 0 radical (unpaired) electrons. The van der Waals surface area contributed by atoms with Crippen molar-refractivity contribution in [3.63, 3.8) is 0 Å². The number of benzene rings is 4. The minimum absolute atomic E-state index is 0.128. The fourth-order valence-corrected chi connectivity index (χ4v) is 7.38. The molecule has 0 saturated heterocycles. The molecular weight excluding hydrogens is 704 g/mol. The number of aromatic hydroxyl groups is 1. The largest absolute Gasteiger partial charge is 0.507 e. The number of halogens is 3. The summed E-state index contributed by atoms with van der Waals surface area (Å²) in [5, 5.41) is 17.0. The molecule has 0 unspecified atom stereocenters. The molecule has 0 amide bonds. The zero-order chi connectivity index (χ0) is 29.5. The lowest BCUT2D eigenvalue weighted by atomic mass is 9.86. The quantitative estimate of drug-likeness (QED) is 0.173. The minimum Gasteiger partial charge on any atom is -0.507 e. The number of ether oxygens (including phenoxy) is 4. The first-order valence-corrected chi connectivity index (χ1v) is 16.1. The summed E-state index contributed by atoms with van der Waals surface area (Å²) in [7, 11) is 6.60. The highest BCUT2D eigenvalue weighted by molar-refractivity contribution is 9.10. The normalized spacial score (nSPS) is 11.6. The SMILES string of the molecule is COc1cc2cc(-c3c(CBr)cc4c(C(C)C)c(OC)c(OC)c(Br)c4c3O)c(CBr)cc2c(C(C)C)c1OC. The second kappa shape index (κ2) is 12.4. The molecular formula is C32H35Br3O5. The number of fused-ring (bicyclic) bond motifs is 2. The summed E-state index contributed by atoms with van der Waals surface area (Å²) < 4.78 is 23.8. The van der Waals surface area contributed by atoms with Crippen molar-refractivity contribution in [2.75, 3.05) is 28.4 Å². The van der Waals surface area contributed by atoms with E-state index in [4.69, 9.17) is 18.9 Å². The molecule has 0 aromatic heterocycles.